The van der Waals surface area contributed by atoms with Crippen molar-refractivity contribution in [2.75, 3.05) is 0 Å². The molecule has 4 nitrogen and oxygen atoms in total. The first kappa shape index (κ1) is 12.0. The van der Waals surface area contributed by atoms with Crippen LogP contribution in [0.3, 0.4) is 0 Å². The van der Waals surface area contributed by atoms with Gasteiger partial charge in [0.05, 0.1) is 6.04 Å². The van der Waals surface area contributed by atoms with Gasteiger partial charge in [-0.05, 0) is 49.4 Å². The molecule has 2 aromatic rings. The van der Waals surface area contributed by atoms with Gasteiger partial charge in [0.1, 0.15) is 5.82 Å². The Labute approximate surface area is 112 Å². The van der Waals surface area contributed by atoms with Crippen molar-refractivity contribution in [1.29, 1.82) is 0 Å². The topological polar surface area (TPSA) is 57.8 Å². The number of carbonyl (C=O) groups is 1. The number of aromatic nitrogens is 2. The minimum Gasteiger partial charge on any atom is -0.347 e. The van der Waals surface area contributed by atoms with Crippen molar-refractivity contribution in [3.8, 4) is 0 Å². The largest absolute Gasteiger partial charge is 0.347 e. The van der Waals surface area contributed by atoms with Gasteiger partial charge in [0, 0.05) is 18.0 Å². The SMILES string of the molecule is CC(NC(=O)c1ccc2c(c1)CCC2)c1ncc[nH]1. The summed E-state index contributed by atoms with van der Waals surface area (Å²) in [5.74, 6) is 0.730. The van der Waals surface area contributed by atoms with Crippen LogP contribution in [-0.4, -0.2) is 15.9 Å². The Morgan fingerprint density at radius 3 is 3.00 bits per heavy atom. The number of imidazole rings is 1. The number of carbonyl (C=O) groups excluding carboxylic acids is 1. The van der Waals surface area contributed by atoms with Gasteiger partial charge in [-0.3, -0.25) is 4.79 Å². The average Bonchev–Trinajstić information content (AvgIpc) is 3.09. The zero-order valence-corrected chi connectivity index (χ0v) is 10.9. The summed E-state index contributed by atoms with van der Waals surface area (Å²) in [6.07, 6.45) is 6.87. The van der Waals surface area contributed by atoms with E-state index in [1.54, 1.807) is 12.4 Å². The fraction of sp³-hybridized carbons (Fsp3) is 0.333. The highest BCUT2D eigenvalue weighted by molar-refractivity contribution is 5.94. The van der Waals surface area contributed by atoms with Crippen molar-refractivity contribution in [3.05, 3.63) is 53.1 Å². The van der Waals surface area contributed by atoms with Gasteiger partial charge in [0.15, 0.2) is 0 Å². The smallest absolute Gasteiger partial charge is 0.251 e. The molecule has 0 saturated heterocycles. The van der Waals surface area contributed by atoms with Gasteiger partial charge in [-0.25, -0.2) is 4.98 Å². The monoisotopic (exact) mass is 255 g/mol. The third kappa shape index (κ3) is 2.38. The molecule has 1 unspecified atom stereocenters. The summed E-state index contributed by atoms with van der Waals surface area (Å²) >= 11 is 0. The van der Waals surface area contributed by atoms with Gasteiger partial charge >= 0.3 is 0 Å². The van der Waals surface area contributed by atoms with Crippen LogP contribution in [0.1, 0.15) is 46.7 Å². The van der Waals surface area contributed by atoms with E-state index in [1.165, 1.54) is 17.5 Å². The normalized spacial score (nSPS) is 15.0. The minimum absolute atomic E-state index is 0.0430. The lowest BCUT2D eigenvalue weighted by Gasteiger charge is -2.12. The van der Waals surface area contributed by atoms with Crippen LogP contribution >= 0.6 is 0 Å². The number of rotatable bonds is 3. The molecule has 98 valence electrons. The predicted octanol–water partition coefficient (Wildman–Crippen LogP) is 2.39. The van der Waals surface area contributed by atoms with Gasteiger partial charge in [-0.15, -0.1) is 0 Å². The van der Waals surface area contributed by atoms with E-state index in [4.69, 9.17) is 0 Å². The molecule has 0 spiro atoms. The van der Waals surface area contributed by atoms with E-state index < -0.39 is 0 Å². The lowest BCUT2D eigenvalue weighted by molar-refractivity contribution is 0.0938. The maximum absolute atomic E-state index is 12.2. The van der Waals surface area contributed by atoms with Crippen LogP contribution in [0.4, 0.5) is 0 Å². The summed E-state index contributed by atoms with van der Waals surface area (Å²) < 4.78 is 0. The second kappa shape index (κ2) is 4.88. The van der Waals surface area contributed by atoms with Crippen molar-refractivity contribution in [2.45, 2.75) is 32.2 Å². The number of aromatic amines is 1. The van der Waals surface area contributed by atoms with E-state index in [2.05, 4.69) is 21.4 Å². The minimum atomic E-state index is -0.115. The number of fused-ring (bicyclic) bond motifs is 1. The number of H-pyrrole nitrogens is 1. The molecule has 1 aliphatic carbocycles. The highest BCUT2D eigenvalue weighted by atomic mass is 16.1. The van der Waals surface area contributed by atoms with Crippen molar-refractivity contribution in [3.63, 3.8) is 0 Å². The Bertz CT molecular complexity index is 589. The lowest BCUT2D eigenvalue weighted by atomic mass is 10.1. The highest BCUT2D eigenvalue weighted by Crippen LogP contribution is 2.23. The quantitative estimate of drug-likeness (QED) is 0.884. The Hall–Kier alpha value is -2.10. The van der Waals surface area contributed by atoms with Crippen molar-refractivity contribution < 1.29 is 4.79 Å². The molecule has 0 radical (unpaired) electrons. The molecule has 1 amide bonds. The number of nitrogens with zero attached hydrogens (tertiary/aromatic N) is 1. The van der Waals surface area contributed by atoms with Gasteiger partial charge in [-0.1, -0.05) is 6.07 Å². The van der Waals surface area contributed by atoms with Crippen LogP contribution in [0.15, 0.2) is 30.6 Å². The number of hydrogen-bond donors (Lipinski definition) is 2. The molecule has 1 aromatic heterocycles. The molecule has 0 bridgehead atoms. The van der Waals surface area contributed by atoms with Crippen LogP contribution < -0.4 is 5.32 Å². The summed E-state index contributed by atoms with van der Waals surface area (Å²) in [7, 11) is 0. The van der Waals surface area contributed by atoms with E-state index in [1.807, 2.05) is 19.1 Å². The number of amides is 1. The Morgan fingerprint density at radius 2 is 2.21 bits per heavy atom. The predicted molar refractivity (Wildman–Crippen MR) is 72.9 cm³/mol. The molecule has 19 heavy (non-hydrogen) atoms. The first-order valence-corrected chi connectivity index (χ1v) is 6.66. The standard InChI is InChI=1S/C15H17N3O/c1-10(14-16-7-8-17-14)18-15(19)13-6-5-11-3-2-4-12(11)9-13/h5-10H,2-4H2,1H3,(H,16,17)(H,18,19). The number of hydrogen-bond acceptors (Lipinski definition) is 2. The fourth-order valence-electron chi connectivity index (χ4n) is 2.58. The number of aryl methyl sites for hydroxylation is 2. The summed E-state index contributed by atoms with van der Waals surface area (Å²) in [6, 6.07) is 5.89. The first-order chi connectivity index (χ1) is 9.24. The number of nitrogens with one attached hydrogen (secondary N) is 2. The third-order valence-corrected chi connectivity index (χ3v) is 3.64. The van der Waals surface area contributed by atoms with Crippen LogP contribution in [0.5, 0.6) is 0 Å². The zero-order chi connectivity index (χ0) is 13.2. The molecular weight excluding hydrogens is 238 g/mol. The second-order valence-corrected chi connectivity index (χ2v) is 5.01. The molecule has 1 heterocycles. The first-order valence-electron chi connectivity index (χ1n) is 6.66. The zero-order valence-electron chi connectivity index (χ0n) is 10.9. The van der Waals surface area contributed by atoms with Gasteiger partial charge in [0.25, 0.3) is 5.91 Å². The second-order valence-electron chi connectivity index (χ2n) is 5.01. The molecule has 4 heteroatoms. The van der Waals surface area contributed by atoms with Crippen molar-refractivity contribution >= 4 is 5.91 Å². The number of benzene rings is 1. The lowest BCUT2D eigenvalue weighted by Crippen LogP contribution is -2.27. The molecule has 2 N–H and O–H groups in total. The molecular formula is C15H17N3O. The summed E-state index contributed by atoms with van der Waals surface area (Å²) in [5, 5.41) is 2.96. The van der Waals surface area contributed by atoms with E-state index >= 15 is 0 Å². The van der Waals surface area contributed by atoms with E-state index in [0.29, 0.717) is 0 Å². The highest BCUT2D eigenvalue weighted by Gasteiger charge is 2.16. The molecule has 0 saturated carbocycles. The maximum Gasteiger partial charge on any atom is 0.251 e. The van der Waals surface area contributed by atoms with Crippen molar-refractivity contribution in [2.24, 2.45) is 0 Å². The van der Waals surface area contributed by atoms with Gasteiger partial charge in [-0.2, -0.15) is 0 Å². The van der Waals surface area contributed by atoms with Crippen molar-refractivity contribution in [1.82, 2.24) is 15.3 Å². The maximum atomic E-state index is 12.2. The molecule has 3 rings (SSSR count). The third-order valence-electron chi connectivity index (χ3n) is 3.64. The summed E-state index contributed by atoms with van der Waals surface area (Å²) in [4.78, 5) is 19.4. The molecule has 0 fully saturated rings. The van der Waals surface area contributed by atoms with Crippen LogP contribution in [0.25, 0.3) is 0 Å². The Kier molecular flexibility index (Phi) is 3.07. The summed E-state index contributed by atoms with van der Waals surface area (Å²) in [5.41, 5.74) is 3.44. The average molecular weight is 255 g/mol. The molecule has 1 aliphatic rings. The fourth-order valence-corrected chi connectivity index (χ4v) is 2.58. The Morgan fingerprint density at radius 1 is 1.37 bits per heavy atom. The molecule has 1 aromatic carbocycles. The van der Waals surface area contributed by atoms with Crippen LogP contribution in [-0.2, 0) is 12.8 Å². The van der Waals surface area contributed by atoms with Gasteiger partial charge in [0.2, 0.25) is 0 Å². The van der Waals surface area contributed by atoms with E-state index in [0.717, 1.165) is 24.2 Å². The van der Waals surface area contributed by atoms with Gasteiger partial charge < -0.3 is 10.3 Å². The van der Waals surface area contributed by atoms with E-state index in [9.17, 15) is 4.79 Å². The van der Waals surface area contributed by atoms with Crippen LogP contribution in [0, 0.1) is 0 Å². The molecule has 1 atom stereocenters. The molecule has 0 aliphatic heterocycles. The Balaban J connectivity index is 1.74. The van der Waals surface area contributed by atoms with E-state index in [-0.39, 0.29) is 11.9 Å². The summed E-state index contributed by atoms with van der Waals surface area (Å²) in [6.45, 7) is 1.92. The van der Waals surface area contributed by atoms with Crippen LogP contribution in [0.2, 0.25) is 0 Å².